The van der Waals surface area contributed by atoms with Crippen LogP contribution in [0.2, 0.25) is 0 Å². The van der Waals surface area contributed by atoms with Crippen molar-refractivity contribution in [2.24, 2.45) is 0 Å². The quantitative estimate of drug-likeness (QED) is 0.729. The molecular formula is C12H26N2O2. The third-order valence-electron chi connectivity index (χ3n) is 3.31. The fourth-order valence-corrected chi connectivity index (χ4v) is 2.19. The second-order valence-corrected chi connectivity index (χ2v) is 4.70. The van der Waals surface area contributed by atoms with Crippen molar-refractivity contribution in [3.8, 4) is 0 Å². The number of rotatable bonds is 6. The number of nitrogens with zero attached hydrogens (tertiary/aromatic N) is 1. The van der Waals surface area contributed by atoms with Crippen LogP contribution in [-0.2, 0) is 9.47 Å². The maximum atomic E-state index is 5.37. The Bertz CT molecular complexity index is 184. The Morgan fingerprint density at radius 1 is 1.25 bits per heavy atom. The van der Waals surface area contributed by atoms with Crippen molar-refractivity contribution in [3.63, 3.8) is 0 Å². The Hall–Kier alpha value is -0.160. The summed E-state index contributed by atoms with van der Waals surface area (Å²) < 4.78 is 10.5. The maximum absolute atomic E-state index is 5.37. The molecule has 0 amide bonds. The van der Waals surface area contributed by atoms with E-state index >= 15 is 0 Å². The Morgan fingerprint density at radius 2 is 1.88 bits per heavy atom. The lowest BCUT2D eigenvalue weighted by molar-refractivity contribution is 0.0120. The van der Waals surface area contributed by atoms with Crippen molar-refractivity contribution >= 4 is 0 Å². The van der Waals surface area contributed by atoms with E-state index < -0.39 is 0 Å². The minimum absolute atomic E-state index is 0.406. The molecule has 1 fully saturated rings. The maximum Gasteiger partial charge on any atom is 0.0613 e. The van der Waals surface area contributed by atoms with Crippen LogP contribution in [0.1, 0.15) is 20.8 Å². The molecule has 0 radical (unpaired) electrons. The number of morpholine rings is 1. The molecule has 1 aliphatic heterocycles. The first-order valence-corrected chi connectivity index (χ1v) is 6.22. The predicted molar refractivity (Wildman–Crippen MR) is 65.8 cm³/mol. The van der Waals surface area contributed by atoms with Gasteiger partial charge in [0.15, 0.2) is 0 Å². The summed E-state index contributed by atoms with van der Waals surface area (Å²) in [6, 6.07) is 1.43. The number of ether oxygens (including phenoxy) is 2. The highest BCUT2D eigenvalue weighted by molar-refractivity contribution is 4.81. The molecule has 1 rings (SSSR count). The van der Waals surface area contributed by atoms with Crippen molar-refractivity contribution in [2.45, 2.75) is 38.9 Å². The normalized spacial score (nSPS) is 24.0. The summed E-state index contributed by atoms with van der Waals surface area (Å²) in [5.74, 6) is 0. The summed E-state index contributed by atoms with van der Waals surface area (Å²) in [4.78, 5) is 2.49. The highest BCUT2D eigenvalue weighted by atomic mass is 16.5. The minimum atomic E-state index is 0.406. The molecule has 1 saturated heterocycles. The standard InChI is InChI=1S/C12H26N2O2/c1-10(9-15-4)13-11(2)12(3)14-5-7-16-8-6-14/h10-13H,5-9H2,1-4H3. The van der Waals surface area contributed by atoms with Crippen molar-refractivity contribution in [1.82, 2.24) is 10.2 Å². The zero-order valence-corrected chi connectivity index (χ0v) is 11.0. The van der Waals surface area contributed by atoms with Gasteiger partial charge in [0, 0.05) is 38.3 Å². The van der Waals surface area contributed by atoms with Gasteiger partial charge in [-0.2, -0.15) is 0 Å². The van der Waals surface area contributed by atoms with Crippen LogP contribution >= 0.6 is 0 Å². The fourth-order valence-electron chi connectivity index (χ4n) is 2.19. The van der Waals surface area contributed by atoms with Crippen LogP contribution in [0.15, 0.2) is 0 Å². The number of nitrogens with one attached hydrogen (secondary N) is 1. The van der Waals surface area contributed by atoms with Gasteiger partial charge in [0.1, 0.15) is 0 Å². The zero-order chi connectivity index (χ0) is 12.0. The zero-order valence-electron chi connectivity index (χ0n) is 11.0. The molecule has 0 aliphatic carbocycles. The average Bonchev–Trinajstić information content (AvgIpc) is 2.29. The second kappa shape index (κ2) is 7.22. The molecular weight excluding hydrogens is 204 g/mol. The molecule has 16 heavy (non-hydrogen) atoms. The molecule has 1 aliphatic rings. The molecule has 1 heterocycles. The van der Waals surface area contributed by atoms with Gasteiger partial charge >= 0.3 is 0 Å². The SMILES string of the molecule is COCC(C)NC(C)C(C)N1CCOCC1. The van der Waals surface area contributed by atoms with Gasteiger partial charge in [-0.1, -0.05) is 0 Å². The van der Waals surface area contributed by atoms with Crippen LogP contribution in [0.25, 0.3) is 0 Å². The molecule has 0 aromatic carbocycles. The van der Waals surface area contributed by atoms with Gasteiger partial charge in [-0.05, 0) is 20.8 Å². The third kappa shape index (κ3) is 4.37. The molecule has 96 valence electrons. The molecule has 0 aromatic heterocycles. The van der Waals surface area contributed by atoms with Crippen molar-refractivity contribution in [3.05, 3.63) is 0 Å². The summed E-state index contributed by atoms with van der Waals surface area (Å²) in [6.45, 7) is 11.3. The van der Waals surface area contributed by atoms with Gasteiger partial charge < -0.3 is 14.8 Å². The molecule has 4 heteroatoms. The fraction of sp³-hybridized carbons (Fsp3) is 1.00. The Labute approximate surface area is 99.3 Å². The van der Waals surface area contributed by atoms with Crippen molar-refractivity contribution in [2.75, 3.05) is 40.0 Å². The minimum Gasteiger partial charge on any atom is -0.383 e. The van der Waals surface area contributed by atoms with Gasteiger partial charge in [-0.15, -0.1) is 0 Å². The van der Waals surface area contributed by atoms with Crippen molar-refractivity contribution in [1.29, 1.82) is 0 Å². The van der Waals surface area contributed by atoms with E-state index in [2.05, 4.69) is 31.0 Å². The third-order valence-corrected chi connectivity index (χ3v) is 3.31. The van der Waals surface area contributed by atoms with Crippen LogP contribution in [0.4, 0.5) is 0 Å². The predicted octanol–water partition coefficient (Wildman–Crippen LogP) is 0.720. The van der Waals surface area contributed by atoms with Crippen LogP contribution in [0, 0.1) is 0 Å². The monoisotopic (exact) mass is 230 g/mol. The lowest BCUT2D eigenvalue weighted by atomic mass is 10.1. The molecule has 4 nitrogen and oxygen atoms in total. The summed E-state index contributed by atoms with van der Waals surface area (Å²) in [6.07, 6.45) is 0. The number of hydrogen-bond donors (Lipinski definition) is 1. The largest absolute Gasteiger partial charge is 0.383 e. The number of hydrogen-bond acceptors (Lipinski definition) is 4. The van der Waals surface area contributed by atoms with Crippen molar-refractivity contribution < 1.29 is 9.47 Å². The summed E-state index contributed by atoms with van der Waals surface area (Å²) in [5.41, 5.74) is 0. The van der Waals surface area contributed by atoms with Gasteiger partial charge in [-0.3, -0.25) is 4.90 Å². The van der Waals surface area contributed by atoms with Gasteiger partial charge in [0.05, 0.1) is 19.8 Å². The van der Waals surface area contributed by atoms with Crippen LogP contribution < -0.4 is 5.32 Å². The molecule has 0 aromatic rings. The first-order chi connectivity index (χ1) is 7.65. The first kappa shape index (κ1) is 13.9. The van der Waals surface area contributed by atoms with E-state index in [4.69, 9.17) is 9.47 Å². The topological polar surface area (TPSA) is 33.7 Å². The Balaban J connectivity index is 2.30. The lowest BCUT2D eigenvalue weighted by Gasteiger charge is -2.36. The van der Waals surface area contributed by atoms with Crippen LogP contribution in [-0.4, -0.2) is 63.0 Å². The molecule has 3 atom stereocenters. The summed E-state index contributed by atoms with van der Waals surface area (Å²) >= 11 is 0. The van der Waals surface area contributed by atoms with E-state index in [1.807, 2.05) is 0 Å². The van der Waals surface area contributed by atoms with E-state index in [0.29, 0.717) is 18.1 Å². The molecule has 0 spiro atoms. The molecule has 0 saturated carbocycles. The van der Waals surface area contributed by atoms with E-state index in [1.54, 1.807) is 7.11 Å². The van der Waals surface area contributed by atoms with E-state index in [9.17, 15) is 0 Å². The van der Waals surface area contributed by atoms with Gasteiger partial charge in [0.2, 0.25) is 0 Å². The second-order valence-electron chi connectivity index (χ2n) is 4.70. The molecule has 0 bridgehead atoms. The number of methoxy groups -OCH3 is 1. The first-order valence-electron chi connectivity index (χ1n) is 6.22. The van der Waals surface area contributed by atoms with E-state index in [0.717, 1.165) is 32.9 Å². The lowest BCUT2D eigenvalue weighted by Crippen LogP contribution is -2.53. The Morgan fingerprint density at radius 3 is 2.44 bits per heavy atom. The van der Waals surface area contributed by atoms with E-state index in [1.165, 1.54) is 0 Å². The Kier molecular flexibility index (Phi) is 6.28. The molecule has 1 N–H and O–H groups in total. The van der Waals surface area contributed by atoms with E-state index in [-0.39, 0.29) is 0 Å². The van der Waals surface area contributed by atoms with Crippen LogP contribution in [0.3, 0.4) is 0 Å². The smallest absolute Gasteiger partial charge is 0.0613 e. The summed E-state index contributed by atoms with van der Waals surface area (Å²) in [7, 11) is 1.74. The summed E-state index contributed by atoms with van der Waals surface area (Å²) in [5, 5.41) is 3.57. The van der Waals surface area contributed by atoms with Gasteiger partial charge in [0.25, 0.3) is 0 Å². The average molecular weight is 230 g/mol. The van der Waals surface area contributed by atoms with Crippen LogP contribution in [0.5, 0.6) is 0 Å². The molecule has 3 unspecified atom stereocenters. The highest BCUT2D eigenvalue weighted by Crippen LogP contribution is 2.08. The highest BCUT2D eigenvalue weighted by Gasteiger charge is 2.22. The van der Waals surface area contributed by atoms with Gasteiger partial charge in [-0.25, -0.2) is 0 Å².